The van der Waals surface area contributed by atoms with E-state index in [1.165, 1.54) is 18.4 Å². The van der Waals surface area contributed by atoms with E-state index < -0.39 is 0 Å². The molecular formula is C11H13BrO. The highest BCUT2D eigenvalue weighted by atomic mass is 79.9. The lowest BCUT2D eigenvalue weighted by molar-refractivity contribution is 0.253. The van der Waals surface area contributed by atoms with E-state index in [0.717, 1.165) is 4.47 Å². The lowest BCUT2D eigenvalue weighted by Gasteiger charge is -2.14. The van der Waals surface area contributed by atoms with Crippen molar-refractivity contribution in [3.8, 4) is 0 Å². The second-order valence-corrected chi connectivity index (χ2v) is 4.50. The average Bonchev–Trinajstić information content (AvgIpc) is 2.93. The molecule has 1 atom stereocenters. The van der Waals surface area contributed by atoms with Crippen molar-refractivity contribution in [3.05, 3.63) is 34.3 Å². The van der Waals surface area contributed by atoms with Gasteiger partial charge < -0.3 is 5.11 Å². The van der Waals surface area contributed by atoms with Gasteiger partial charge >= 0.3 is 0 Å². The molecule has 1 N–H and O–H groups in total. The summed E-state index contributed by atoms with van der Waals surface area (Å²) in [6.45, 7) is 0.271. The molecule has 0 spiro atoms. The summed E-state index contributed by atoms with van der Waals surface area (Å²) < 4.78 is 1.13. The van der Waals surface area contributed by atoms with E-state index in [9.17, 15) is 5.11 Å². The molecule has 1 saturated carbocycles. The number of benzene rings is 1. The Morgan fingerprint density at radius 3 is 2.62 bits per heavy atom. The van der Waals surface area contributed by atoms with Gasteiger partial charge in [0.2, 0.25) is 0 Å². The van der Waals surface area contributed by atoms with E-state index in [4.69, 9.17) is 0 Å². The zero-order valence-electron chi connectivity index (χ0n) is 7.41. The lowest BCUT2D eigenvalue weighted by atomic mass is 9.95. The molecule has 1 aliphatic carbocycles. The molecular weight excluding hydrogens is 228 g/mol. The van der Waals surface area contributed by atoms with Crippen molar-refractivity contribution in [1.82, 2.24) is 0 Å². The molecule has 0 aromatic heterocycles. The van der Waals surface area contributed by atoms with Crippen LogP contribution in [0, 0.1) is 5.92 Å². The molecule has 1 nitrogen and oxygen atoms in total. The molecule has 0 heterocycles. The number of aliphatic hydroxyl groups is 1. The standard InChI is InChI=1S/C11H13BrO/c12-11-4-2-1-3-9(11)10(7-13)8-5-6-8/h1-4,8,10,13H,5-7H2. The van der Waals surface area contributed by atoms with E-state index in [0.29, 0.717) is 11.8 Å². The second kappa shape index (κ2) is 3.81. The van der Waals surface area contributed by atoms with Crippen LogP contribution in [0.15, 0.2) is 28.7 Å². The minimum absolute atomic E-state index is 0.271. The Morgan fingerprint density at radius 1 is 1.38 bits per heavy atom. The molecule has 1 aromatic rings. The summed E-state index contributed by atoms with van der Waals surface area (Å²) >= 11 is 3.52. The highest BCUT2D eigenvalue weighted by Gasteiger charge is 2.32. The normalized spacial score (nSPS) is 18.6. The number of hydrogen-bond acceptors (Lipinski definition) is 1. The van der Waals surface area contributed by atoms with Crippen molar-refractivity contribution in [2.24, 2.45) is 5.92 Å². The first kappa shape index (κ1) is 9.22. The van der Waals surface area contributed by atoms with Gasteiger partial charge in [-0.15, -0.1) is 0 Å². The Hall–Kier alpha value is -0.340. The van der Waals surface area contributed by atoms with Crippen LogP contribution in [0.2, 0.25) is 0 Å². The average molecular weight is 241 g/mol. The van der Waals surface area contributed by atoms with Crippen LogP contribution in [0.25, 0.3) is 0 Å². The van der Waals surface area contributed by atoms with Gasteiger partial charge in [0, 0.05) is 10.4 Å². The second-order valence-electron chi connectivity index (χ2n) is 3.65. The van der Waals surface area contributed by atoms with E-state index in [1.54, 1.807) is 0 Å². The van der Waals surface area contributed by atoms with Crippen molar-refractivity contribution in [2.75, 3.05) is 6.61 Å². The number of halogens is 1. The van der Waals surface area contributed by atoms with Crippen LogP contribution in [0.4, 0.5) is 0 Å². The molecule has 1 fully saturated rings. The van der Waals surface area contributed by atoms with Gasteiger partial charge in [-0.05, 0) is 30.4 Å². The van der Waals surface area contributed by atoms with Gasteiger partial charge in [-0.1, -0.05) is 34.1 Å². The summed E-state index contributed by atoms with van der Waals surface area (Å²) in [6, 6.07) is 8.18. The van der Waals surface area contributed by atoms with E-state index in [1.807, 2.05) is 18.2 Å². The molecule has 1 unspecified atom stereocenters. The molecule has 0 aliphatic heterocycles. The van der Waals surface area contributed by atoms with Crippen molar-refractivity contribution in [1.29, 1.82) is 0 Å². The third-order valence-corrected chi connectivity index (χ3v) is 3.41. The third-order valence-electron chi connectivity index (χ3n) is 2.69. The predicted octanol–water partition coefficient (Wildman–Crippen LogP) is 2.94. The minimum atomic E-state index is 0.271. The quantitative estimate of drug-likeness (QED) is 0.862. The van der Waals surface area contributed by atoms with Crippen molar-refractivity contribution >= 4 is 15.9 Å². The molecule has 1 aliphatic rings. The fraction of sp³-hybridized carbons (Fsp3) is 0.455. The van der Waals surface area contributed by atoms with Gasteiger partial charge in [-0.2, -0.15) is 0 Å². The number of hydrogen-bond donors (Lipinski definition) is 1. The van der Waals surface area contributed by atoms with E-state index >= 15 is 0 Å². The number of aliphatic hydroxyl groups excluding tert-OH is 1. The Balaban J connectivity index is 2.26. The monoisotopic (exact) mass is 240 g/mol. The van der Waals surface area contributed by atoms with E-state index in [2.05, 4.69) is 22.0 Å². The molecule has 0 saturated heterocycles. The minimum Gasteiger partial charge on any atom is -0.396 e. The summed E-state index contributed by atoms with van der Waals surface area (Å²) in [4.78, 5) is 0. The van der Waals surface area contributed by atoms with Gasteiger partial charge in [-0.25, -0.2) is 0 Å². The van der Waals surface area contributed by atoms with E-state index in [-0.39, 0.29) is 6.61 Å². The molecule has 2 heteroatoms. The Kier molecular flexibility index (Phi) is 2.70. The molecule has 0 bridgehead atoms. The predicted molar refractivity (Wildman–Crippen MR) is 56.7 cm³/mol. The SMILES string of the molecule is OCC(c1ccccc1Br)C1CC1. The van der Waals surface area contributed by atoms with Crippen LogP contribution < -0.4 is 0 Å². The first-order valence-electron chi connectivity index (χ1n) is 4.68. The Bertz CT molecular complexity index is 294. The Morgan fingerprint density at radius 2 is 2.08 bits per heavy atom. The maximum absolute atomic E-state index is 9.29. The van der Waals surface area contributed by atoms with Crippen LogP contribution in [0.5, 0.6) is 0 Å². The molecule has 0 amide bonds. The summed E-state index contributed by atoms with van der Waals surface area (Å²) in [6.07, 6.45) is 2.54. The van der Waals surface area contributed by atoms with Crippen LogP contribution >= 0.6 is 15.9 Å². The summed E-state index contributed by atoms with van der Waals surface area (Å²) in [7, 11) is 0. The first-order valence-corrected chi connectivity index (χ1v) is 5.47. The molecule has 2 rings (SSSR count). The number of rotatable bonds is 3. The van der Waals surface area contributed by atoms with Crippen LogP contribution in [0.3, 0.4) is 0 Å². The van der Waals surface area contributed by atoms with Gasteiger partial charge in [0.1, 0.15) is 0 Å². The van der Waals surface area contributed by atoms with Gasteiger partial charge in [0.05, 0.1) is 6.61 Å². The van der Waals surface area contributed by atoms with Crippen LogP contribution in [0.1, 0.15) is 24.3 Å². The van der Waals surface area contributed by atoms with Crippen molar-refractivity contribution < 1.29 is 5.11 Å². The van der Waals surface area contributed by atoms with Crippen LogP contribution in [-0.2, 0) is 0 Å². The van der Waals surface area contributed by atoms with Crippen molar-refractivity contribution in [3.63, 3.8) is 0 Å². The fourth-order valence-electron chi connectivity index (χ4n) is 1.78. The highest BCUT2D eigenvalue weighted by molar-refractivity contribution is 9.10. The fourth-order valence-corrected chi connectivity index (χ4v) is 2.35. The highest BCUT2D eigenvalue weighted by Crippen LogP contribution is 2.43. The maximum Gasteiger partial charge on any atom is 0.0502 e. The summed E-state index contributed by atoms with van der Waals surface area (Å²) in [5.41, 5.74) is 1.26. The summed E-state index contributed by atoms with van der Waals surface area (Å²) in [5.74, 6) is 1.05. The van der Waals surface area contributed by atoms with Gasteiger partial charge in [0.15, 0.2) is 0 Å². The Labute approximate surface area is 86.9 Å². The van der Waals surface area contributed by atoms with Gasteiger partial charge in [0.25, 0.3) is 0 Å². The van der Waals surface area contributed by atoms with Gasteiger partial charge in [-0.3, -0.25) is 0 Å². The first-order chi connectivity index (χ1) is 6.33. The molecule has 70 valence electrons. The topological polar surface area (TPSA) is 20.2 Å². The molecule has 0 radical (unpaired) electrons. The smallest absolute Gasteiger partial charge is 0.0502 e. The molecule has 1 aromatic carbocycles. The molecule has 13 heavy (non-hydrogen) atoms. The van der Waals surface area contributed by atoms with Crippen LogP contribution in [-0.4, -0.2) is 11.7 Å². The zero-order chi connectivity index (χ0) is 9.26. The summed E-state index contributed by atoms with van der Waals surface area (Å²) in [5, 5.41) is 9.29. The maximum atomic E-state index is 9.29. The largest absolute Gasteiger partial charge is 0.396 e. The lowest BCUT2D eigenvalue weighted by Crippen LogP contribution is -2.06. The third kappa shape index (κ3) is 1.94. The zero-order valence-corrected chi connectivity index (χ0v) is 9.00. The van der Waals surface area contributed by atoms with Crippen molar-refractivity contribution in [2.45, 2.75) is 18.8 Å².